The Labute approximate surface area is 174 Å². The molecule has 2 heterocycles. The molecule has 0 spiro atoms. The second-order valence-electron chi connectivity index (χ2n) is 5.89. The van der Waals surface area contributed by atoms with Gasteiger partial charge in [0.25, 0.3) is 0 Å². The lowest BCUT2D eigenvalue weighted by molar-refractivity contribution is -0.115. The molecule has 1 N–H and O–H groups in total. The lowest BCUT2D eigenvalue weighted by atomic mass is 10.1. The zero-order chi connectivity index (χ0) is 20.8. The van der Waals surface area contributed by atoms with Crippen LogP contribution in [0.25, 0.3) is 0 Å². The van der Waals surface area contributed by atoms with Crippen LogP contribution in [0.15, 0.2) is 50.1 Å². The predicted molar refractivity (Wildman–Crippen MR) is 110 cm³/mol. The Morgan fingerprint density at radius 3 is 2.69 bits per heavy atom. The molecule has 0 aliphatic carbocycles. The van der Waals surface area contributed by atoms with Crippen molar-refractivity contribution in [3.63, 3.8) is 0 Å². The highest BCUT2D eigenvalue weighted by Gasteiger charge is 2.13. The first kappa shape index (κ1) is 20.7. The number of nitrogens with zero attached hydrogens (tertiary/aromatic N) is 2. The molecule has 1 amide bonds. The molecule has 0 saturated carbocycles. The van der Waals surface area contributed by atoms with Gasteiger partial charge in [0.2, 0.25) is 22.2 Å². The number of esters is 1. The summed E-state index contributed by atoms with van der Waals surface area (Å²) in [5, 5.41) is 10.9. The minimum atomic E-state index is -0.630. The number of carbonyl (C=O) groups is 2. The van der Waals surface area contributed by atoms with Gasteiger partial charge in [0.15, 0.2) is 4.34 Å². The first-order valence-corrected chi connectivity index (χ1v) is 10.4. The van der Waals surface area contributed by atoms with Crippen LogP contribution in [0.5, 0.6) is 5.75 Å². The molecule has 0 radical (unpaired) electrons. The first-order chi connectivity index (χ1) is 13.9. The van der Waals surface area contributed by atoms with Crippen molar-refractivity contribution in [3.8, 4) is 5.75 Å². The van der Waals surface area contributed by atoms with Crippen LogP contribution in [0.2, 0.25) is 0 Å². The number of anilines is 1. The lowest BCUT2D eigenvalue weighted by Crippen LogP contribution is -2.14. The number of hydrogen-bond donors (Lipinski definition) is 1. The highest BCUT2D eigenvalue weighted by atomic mass is 32.2. The fraction of sp³-hybridized carbons (Fsp3) is 0.211. The first-order valence-electron chi connectivity index (χ1n) is 8.61. The molecule has 0 aliphatic rings. The Morgan fingerprint density at radius 2 is 2.00 bits per heavy atom. The molecule has 0 aliphatic heterocycles. The van der Waals surface area contributed by atoms with E-state index in [9.17, 15) is 14.4 Å². The molecule has 3 aromatic rings. The van der Waals surface area contributed by atoms with Crippen molar-refractivity contribution in [2.75, 3.05) is 5.32 Å². The number of nitrogens with one attached hydrogen (secondary N) is 1. The summed E-state index contributed by atoms with van der Waals surface area (Å²) in [7, 11) is 0. The Kier molecular flexibility index (Phi) is 6.78. The molecular formula is C19H17N3O5S2. The van der Waals surface area contributed by atoms with Crippen LogP contribution < -0.4 is 15.5 Å². The number of amides is 1. The molecule has 2 aromatic heterocycles. The lowest BCUT2D eigenvalue weighted by Gasteiger charge is -2.04. The summed E-state index contributed by atoms with van der Waals surface area (Å²) in [5.41, 5.74) is 0.899. The number of hydrogen-bond acceptors (Lipinski definition) is 9. The molecule has 29 heavy (non-hydrogen) atoms. The fourth-order valence-electron chi connectivity index (χ4n) is 2.10. The van der Waals surface area contributed by atoms with Crippen LogP contribution in [0, 0.1) is 6.92 Å². The van der Waals surface area contributed by atoms with E-state index < -0.39 is 11.4 Å². The van der Waals surface area contributed by atoms with Gasteiger partial charge in [-0.05, 0) is 19.1 Å². The number of benzene rings is 1. The monoisotopic (exact) mass is 431 g/mol. The van der Waals surface area contributed by atoms with Gasteiger partial charge in [0.05, 0.1) is 11.3 Å². The smallest absolute Gasteiger partial charge is 0.343 e. The molecule has 0 saturated heterocycles. The zero-order valence-corrected chi connectivity index (χ0v) is 17.3. The van der Waals surface area contributed by atoms with Crippen molar-refractivity contribution < 1.29 is 18.7 Å². The van der Waals surface area contributed by atoms with Gasteiger partial charge in [-0.25, -0.2) is 4.79 Å². The number of aromatic nitrogens is 2. The van der Waals surface area contributed by atoms with E-state index in [-0.39, 0.29) is 11.7 Å². The summed E-state index contributed by atoms with van der Waals surface area (Å²) in [4.78, 5) is 35.7. The molecule has 150 valence electrons. The van der Waals surface area contributed by atoms with E-state index in [2.05, 4.69) is 15.5 Å². The molecule has 0 fully saturated rings. The van der Waals surface area contributed by atoms with Crippen LogP contribution in [0.1, 0.15) is 35.0 Å². The van der Waals surface area contributed by atoms with Crippen molar-refractivity contribution in [2.45, 2.75) is 30.4 Å². The molecular weight excluding hydrogens is 414 g/mol. The van der Waals surface area contributed by atoms with Crippen molar-refractivity contribution >= 4 is 40.1 Å². The van der Waals surface area contributed by atoms with Gasteiger partial charge >= 0.3 is 5.97 Å². The summed E-state index contributed by atoms with van der Waals surface area (Å²) >= 11 is 2.54. The number of thioether (sulfide) groups is 1. The Bertz CT molecular complexity index is 1080. The molecule has 0 bridgehead atoms. The highest BCUT2D eigenvalue weighted by Crippen LogP contribution is 2.28. The molecule has 1 aromatic carbocycles. The van der Waals surface area contributed by atoms with E-state index in [1.807, 2.05) is 6.92 Å². The maximum absolute atomic E-state index is 12.2. The normalized spacial score (nSPS) is 10.6. The van der Waals surface area contributed by atoms with Gasteiger partial charge in [-0.1, -0.05) is 47.7 Å². The van der Waals surface area contributed by atoms with Gasteiger partial charge < -0.3 is 14.5 Å². The third-order valence-electron chi connectivity index (χ3n) is 3.65. The van der Waals surface area contributed by atoms with Crippen LogP contribution >= 0.6 is 23.1 Å². The highest BCUT2D eigenvalue weighted by molar-refractivity contribution is 8.00. The predicted octanol–water partition coefficient (Wildman–Crippen LogP) is 3.66. The van der Waals surface area contributed by atoms with E-state index in [4.69, 9.17) is 9.15 Å². The Balaban J connectivity index is 1.59. The number of carbonyl (C=O) groups excluding carboxylic acids is 2. The van der Waals surface area contributed by atoms with E-state index in [0.29, 0.717) is 33.0 Å². The van der Waals surface area contributed by atoms with E-state index in [1.165, 1.54) is 29.2 Å². The van der Waals surface area contributed by atoms with Crippen molar-refractivity contribution in [1.29, 1.82) is 0 Å². The SMILES string of the molecule is CCC(=O)Nc1nnc(SCc2cc(=O)c(OC(=O)c3ccc(C)cc3)co2)s1. The minimum absolute atomic E-state index is 0.139. The van der Waals surface area contributed by atoms with Gasteiger partial charge in [0, 0.05) is 12.5 Å². The maximum Gasteiger partial charge on any atom is 0.343 e. The summed E-state index contributed by atoms with van der Waals surface area (Å²) in [5.74, 6) is -0.221. The zero-order valence-electron chi connectivity index (χ0n) is 15.6. The average Bonchev–Trinajstić information content (AvgIpc) is 3.15. The van der Waals surface area contributed by atoms with E-state index in [0.717, 1.165) is 11.8 Å². The Morgan fingerprint density at radius 1 is 1.24 bits per heavy atom. The van der Waals surface area contributed by atoms with Gasteiger partial charge in [0.1, 0.15) is 12.0 Å². The van der Waals surface area contributed by atoms with Crippen molar-refractivity contribution in [3.05, 3.63) is 63.7 Å². The third-order valence-corrected chi connectivity index (χ3v) is 5.65. The van der Waals surface area contributed by atoms with Gasteiger partial charge in [-0.2, -0.15) is 0 Å². The maximum atomic E-state index is 12.2. The fourth-order valence-corrected chi connectivity index (χ4v) is 3.75. The van der Waals surface area contributed by atoms with Crippen LogP contribution in [0.3, 0.4) is 0 Å². The molecule has 10 heteroatoms. The number of aryl methyl sites for hydroxylation is 1. The van der Waals surface area contributed by atoms with Crippen molar-refractivity contribution in [2.24, 2.45) is 0 Å². The second-order valence-corrected chi connectivity index (χ2v) is 8.09. The van der Waals surface area contributed by atoms with Gasteiger partial charge in [-0.3, -0.25) is 9.59 Å². The molecule has 0 atom stereocenters. The van der Waals surface area contributed by atoms with Gasteiger partial charge in [-0.15, -0.1) is 10.2 Å². The van der Waals surface area contributed by atoms with Crippen molar-refractivity contribution in [1.82, 2.24) is 10.2 Å². The van der Waals surface area contributed by atoms with Crippen LogP contribution in [0.4, 0.5) is 5.13 Å². The molecule has 3 rings (SSSR count). The average molecular weight is 431 g/mol. The van der Waals surface area contributed by atoms with Crippen LogP contribution in [-0.4, -0.2) is 22.1 Å². The number of ether oxygens (including phenoxy) is 1. The molecule has 8 nitrogen and oxygen atoms in total. The summed E-state index contributed by atoms with van der Waals surface area (Å²) < 4.78 is 11.1. The summed E-state index contributed by atoms with van der Waals surface area (Å²) in [6.07, 6.45) is 1.48. The van der Waals surface area contributed by atoms with Crippen LogP contribution in [-0.2, 0) is 10.5 Å². The second kappa shape index (κ2) is 9.48. The summed E-state index contributed by atoms with van der Waals surface area (Å²) in [6.45, 7) is 3.65. The summed E-state index contributed by atoms with van der Waals surface area (Å²) in [6, 6.07) is 8.09. The standard InChI is InChI=1S/C19H17N3O5S2/c1-3-16(24)20-18-21-22-19(29-18)28-10-13-8-14(23)15(9-26-13)27-17(25)12-6-4-11(2)5-7-12/h4-9H,3,10H2,1-2H3,(H,20,21,24). The topological polar surface area (TPSA) is 111 Å². The largest absolute Gasteiger partial charge is 0.464 e. The quantitative estimate of drug-likeness (QED) is 0.343. The van der Waals surface area contributed by atoms with E-state index in [1.54, 1.807) is 31.2 Å². The molecule has 0 unspecified atom stereocenters. The number of rotatable bonds is 7. The third kappa shape index (κ3) is 5.75. The minimum Gasteiger partial charge on any atom is -0.464 e. The van der Waals surface area contributed by atoms with E-state index >= 15 is 0 Å². The Hall–Kier alpha value is -2.98.